The number of carbonyl (C=O) groups is 1. The van der Waals surface area contributed by atoms with Crippen molar-refractivity contribution in [2.75, 3.05) is 13.7 Å². The summed E-state index contributed by atoms with van der Waals surface area (Å²) in [4.78, 5) is 12.6. The summed E-state index contributed by atoms with van der Waals surface area (Å²) in [5, 5.41) is 0. The molecule has 0 saturated carbocycles. The van der Waals surface area contributed by atoms with Gasteiger partial charge in [0.25, 0.3) is 0 Å². The number of hydrogen-bond acceptors (Lipinski definition) is 2. The molecule has 0 spiro atoms. The SMILES string of the molecule is C=CC(=O)N(C)C1CCCO1. The monoisotopic (exact) mass is 155 g/mol. The molecule has 0 aliphatic carbocycles. The Morgan fingerprint density at radius 2 is 2.55 bits per heavy atom. The van der Waals surface area contributed by atoms with E-state index in [4.69, 9.17) is 4.74 Å². The van der Waals surface area contributed by atoms with E-state index in [1.807, 2.05) is 0 Å². The summed E-state index contributed by atoms with van der Waals surface area (Å²) in [5.74, 6) is -0.0723. The van der Waals surface area contributed by atoms with Gasteiger partial charge in [-0.15, -0.1) is 0 Å². The molecule has 1 unspecified atom stereocenters. The first-order chi connectivity index (χ1) is 5.25. The van der Waals surface area contributed by atoms with Gasteiger partial charge in [0, 0.05) is 13.7 Å². The summed E-state index contributed by atoms with van der Waals surface area (Å²) < 4.78 is 5.30. The summed E-state index contributed by atoms with van der Waals surface area (Å²) in [6.07, 6.45) is 3.26. The maximum Gasteiger partial charge on any atom is 0.247 e. The van der Waals surface area contributed by atoms with E-state index in [9.17, 15) is 4.79 Å². The van der Waals surface area contributed by atoms with Crippen LogP contribution < -0.4 is 0 Å². The zero-order chi connectivity index (χ0) is 8.27. The Morgan fingerprint density at radius 3 is 3.00 bits per heavy atom. The number of hydrogen-bond donors (Lipinski definition) is 0. The number of amides is 1. The van der Waals surface area contributed by atoms with Crippen molar-refractivity contribution in [1.29, 1.82) is 0 Å². The minimum atomic E-state index is -0.0723. The Balaban J connectivity index is 2.45. The molecular weight excluding hydrogens is 142 g/mol. The minimum Gasteiger partial charge on any atom is -0.358 e. The van der Waals surface area contributed by atoms with E-state index in [-0.39, 0.29) is 12.1 Å². The van der Waals surface area contributed by atoms with Crippen LogP contribution in [0.2, 0.25) is 0 Å². The lowest BCUT2D eigenvalue weighted by Gasteiger charge is -2.21. The largest absolute Gasteiger partial charge is 0.358 e. The number of ether oxygens (including phenoxy) is 1. The Kier molecular flexibility index (Phi) is 2.65. The van der Waals surface area contributed by atoms with Gasteiger partial charge in [-0.3, -0.25) is 4.79 Å². The second-order valence-corrected chi connectivity index (χ2v) is 2.62. The molecule has 1 heterocycles. The Bertz CT molecular complexity index is 161. The summed E-state index contributed by atoms with van der Waals surface area (Å²) in [7, 11) is 1.74. The number of nitrogens with zero attached hydrogens (tertiary/aromatic N) is 1. The highest BCUT2D eigenvalue weighted by atomic mass is 16.5. The van der Waals surface area contributed by atoms with Crippen molar-refractivity contribution in [3.8, 4) is 0 Å². The average Bonchev–Trinajstić information content (AvgIpc) is 2.53. The minimum absolute atomic E-state index is 0.0273. The molecule has 1 rings (SSSR count). The fourth-order valence-corrected chi connectivity index (χ4v) is 1.15. The normalized spacial score (nSPS) is 23.2. The third kappa shape index (κ3) is 1.80. The highest BCUT2D eigenvalue weighted by Crippen LogP contribution is 2.14. The first-order valence-electron chi connectivity index (χ1n) is 3.76. The molecule has 1 fully saturated rings. The van der Waals surface area contributed by atoms with E-state index < -0.39 is 0 Å². The van der Waals surface area contributed by atoms with Crippen LogP contribution in [0.25, 0.3) is 0 Å². The van der Waals surface area contributed by atoms with Crippen molar-refractivity contribution in [3.05, 3.63) is 12.7 Å². The maximum absolute atomic E-state index is 11.0. The third-order valence-electron chi connectivity index (χ3n) is 1.86. The van der Waals surface area contributed by atoms with E-state index >= 15 is 0 Å². The molecule has 0 aromatic carbocycles. The Hall–Kier alpha value is -0.830. The van der Waals surface area contributed by atoms with Gasteiger partial charge in [0.15, 0.2) is 0 Å². The van der Waals surface area contributed by atoms with Crippen LogP contribution in [-0.2, 0) is 9.53 Å². The fraction of sp³-hybridized carbons (Fsp3) is 0.625. The van der Waals surface area contributed by atoms with Crippen molar-refractivity contribution in [2.24, 2.45) is 0 Å². The first-order valence-corrected chi connectivity index (χ1v) is 3.76. The zero-order valence-corrected chi connectivity index (χ0v) is 6.75. The third-order valence-corrected chi connectivity index (χ3v) is 1.86. The molecule has 3 heteroatoms. The molecule has 0 aromatic rings. The lowest BCUT2D eigenvalue weighted by molar-refractivity contribution is -0.134. The fourth-order valence-electron chi connectivity index (χ4n) is 1.15. The number of carbonyl (C=O) groups excluding carboxylic acids is 1. The number of rotatable bonds is 2. The summed E-state index contributed by atoms with van der Waals surface area (Å²) in [6.45, 7) is 4.17. The van der Waals surface area contributed by atoms with Crippen molar-refractivity contribution in [3.63, 3.8) is 0 Å². The van der Waals surface area contributed by atoms with Gasteiger partial charge in [0.1, 0.15) is 6.23 Å². The quantitative estimate of drug-likeness (QED) is 0.551. The van der Waals surface area contributed by atoms with E-state index in [0.717, 1.165) is 19.4 Å². The standard InChI is InChI=1S/C8H13NO2/c1-3-7(10)9(2)8-5-4-6-11-8/h3,8H,1,4-6H2,2H3. The highest BCUT2D eigenvalue weighted by molar-refractivity contribution is 5.86. The van der Waals surface area contributed by atoms with Gasteiger partial charge in [-0.1, -0.05) is 6.58 Å². The van der Waals surface area contributed by atoms with Gasteiger partial charge in [-0.05, 0) is 18.9 Å². The van der Waals surface area contributed by atoms with Gasteiger partial charge in [0.2, 0.25) is 5.91 Å². The van der Waals surface area contributed by atoms with Gasteiger partial charge >= 0.3 is 0 Å². The molecule has 11 heavy (non-hydrogen) atoms. The van der Waals surface area contributed by atoms with Gasteiger partial charge in [0.05, 0.1) is 0 Å². The first kappa shape index (κ1) is 8.27. The summed E-state index contributed by atoms with van der Waals surface area (Å²) in [6, 6.07) is 0. The molecule has 1 amide bonds. The Labute approximate surface area is 66.6 Å². The van der Waals surface area contributed by atoms with Gasteiger partial charge < -0.3 is 9.64 Å². The molecular formula is C8H13NO2. The van der Waals surface area contributed by atoms with Crippen LogP contribution in [0.4, 0.5) is 0 Å². The lowest BCUT2D eigenvalue weighted by atomic mass is 10.3. The van der Waals surface area contributed by atoms with Gasteiger partial charge in [-0.25, -0.2) is 0 Å². The molecule has 0 bridgehead atoms. The number of likely N-dealkylation sites (N-methyl/N-ethyl adjacent to an activating group) is 1. The second-order valence-electron chi connectivity index (χ2n) is 2.62. The van der Waals surface area contributed by atoms with E-state index in [2.05, 4.69) is 6.58 Å². The molecule has 62 valence electrons. The van der Waals surface area contributed by atoms with E-state index in [0.29, 0.717) is 0 Å². The molecule has 3 nitrogen and oxygen atoms in total. The molecule has 0 aromatic heterocycles. The summed E-state index contributed by atoms with van der Waals surface area (Å²) in [5.41, 5.74) is 0. The Morgan fingerprint density at radius 1 is 1.82 bits per heavy atom. The molecule has 0 radical (unpaired) electrons. The molecule has 1 saturated heterocycles. The van der Waals surface area contributed by atoms with Crippen molar-refractivity contribution < 1.29 is 9.53 Å². The molecule has 1 aliphatic rings. The van der Waals surface area contributed by atoms with Gasteiger partial charge in [-0.2, -0.15) is 0 Å². The predicted molar refractivity (Wildman–Crippen MR) is 41.9 cm³/mol. The van der Waals surface area contributed by atoms with Crippen LogP contribution in [0.1, 0.15) is 12.8 Å². The van der Waals surface area contributed by atoms with Crippen LogP contribution in [0.15, 0.2) is 12.7 Å². The summed E-state index contributed by atoms with van der Waals surface area (Å²) >= 11 is 0. The van der Waals surface area contributed by atoms with Crippen molar-refractivity contribution in [2.45, 2.75) is 19.1 Å². The average molecular weight is 155 g/mol. The lowest BCUT2D eigenvalue weighted by Crippen LogP contribution is -2.35. The van der Waals surface area contributed by atoms with Crippen LogP contribution >= 0.6 is 0 Å². The molecule has 1 aliphatic heterocycles. The van der Waals surface area contributed by atoms with Crippen LogP contribution in [-0.4, -0.2) is 30.7 Å². The maximum atomic E-state index is 11.0. The van der Waals surface area contributed by atoms with Crippen LogP contribution in [0.3, 0.4) is 0 Å². The van der Waals surface area contributed by atoms with E-state index in [1.165, 1.54) is 6.08 Å². The van der Waals surface area contributed by atoms with E-state index in [1.54, 1.807) is 11.9 Å². The second kappa shape index (κ2) is 3.53. The van der Waals surface area contributed by atoms with Crippen LogP contribution in [0, 0.1) is 0 Å². The highest BCUT2D eigenvalue weighted by Gasteiger charge is 2.22. The van der Waals surface area contributed by atoms with Crippen LogP contribution in [0.5, 0.6) is 0 Å². The van der Waals surface area contributed by atoms with Crippen molar-refractivity contribution >= 4 is 5.91 Å². The smallest absolute Gasteiger partial charge is 0.247 e. The van der Waals surface area contributed by atoms with Crippen molar-refractivity contribution in [1.82, 2.24) is 4.90 Å². The topological polar surface area (TPSA) is 29.5 Å². The predicted octanol–water partition coefficient (Wildman–Crippen LogP) is 0.767. The zero-order valence-electron chi connectivity index (χ0n) is 6.75. The molecule has 0 N–H and O–H groups in total. The molecule has 1 atom stereocenters.